The molecular formula is C14H16N4. The van der Waals surface area contributed by atoms with Crippen molar-refractivity contribution in [2.45, 2.75) is 13.1 Å². The van der Waals surface area contributed by atoms with Gasteiger partial charge in [-0.15, -0.1) is 0 Å². The van der Waals surface area contributed by atoms with Gasteiger partial charge in [0.2, 0.25) is 0 Å². The van der Waals surface area contributed by atoms with E-state index in [0.29, 0.717) is 0 Å². The predicted molar refractivity (Wildman–Crippen MR) is 72.1 cm³/mol. The average molecular weight is 240 g/mol. The van der Waals surface area contributed by atoms with Crippen molar-refractivity contribution >= 4 is 10.9 Å². The number of aromatic amines is 2. The van der Waals surface area contributed by atoms with Crippen molar-refractivity contribution < 1.29 is 0 Å². The Morgan fingerprint density at radius 1 is 1.17 bits per heavy atom. The van der Waals surface area contributed by atoms with Gasteiger partial charge in [0.25, 0.3) is 0 Å². The Morgan fingerprint density at radius 3 is 2.94 bits per heavy atom. The molecule has 0 radical (unpaired) electrons. The quantitative estimate of drug-likeness (QED) is 0.736. The number of hydrogen-bond acceptors (Lipinski definition) is 2. The Bertz CT molecular complexity index is 624. The Hall–Kier alpha value is -2.07. The third-order valence-corrected chi connectivity index (χ3v) is 3.12. The molecule has 2 heterocycles. The zero-order chi connectivity index (χ0) is 12.4. The summed E-state index contributed by atoms with van der Waals surface area (Å²) in [4.78, 5) is 5.52. The molecule has 0 saturated carbocycles. The van der Waals surface area contributed by atoms with Gasteiger partial charge in [0.1, 0.15) is 0 Å². The smallest absolute Gasteiger partial charge is 0.0492 e. The topological polar surface area (TPSA) is 47.7 Å². The molecule has 2 aromatic heterocycles. The Labute approximate surface area is 106 Å². The molecule has 0 amide bonds. The van der Waals surface area contributed by atoms with Crippen molar-refractivity contribution in [3.63, 3.8) is 0 Å². The zero-order valence-electron chi connectivity index (χ0n) is 10.4. The first-order valence-corrected chi connectivity index (χ1v) is 6.05. The van der Waals surface area contributed by atoms with E-state index in [1.165, 1.54) is 16.5 Å². The van der Waals surface area contributed by atoms with Gasteiger partial charge < -0.3 is 4.98 Å². The van der Waals surface area contributed by atoms with E-state index < -0.39 is 0 Å². The van der Waals surface area contributed by atoms with Crippen molar-refractivity contribution in [3.8, 4) is 0 Å². The van der Waals surface area contributed by atoms with Crippen LogP contribution in [0.5, 0.6) is 0 Å². The van der Waals surface area contributed by atoms with Crippen LogP contribution in [0.3, 0.4) is 0 Å². The third-order valence-electron chi connectivity index (χ3n) is 3.12. The summed E-state index contributed by atoms with van der Waals surface area (Å²) in [6, 6.07) is 10.5. The van der Waals surface area contributed by atoms with E-state index >= 15 is 0 Å². The highest BCUT2D eigenvalue weighted by atomic mass is 15.2. The van der Waals surface area contributed by atoms with Gasteiger partial charge in [-0.05, 0) is 30.8 Å². The lowest BCUT2D eigenvalue weighted by Gasteiger charge is -2.16. The van der Waals surface area contributed by atoms with E-state index in [2.05, 4.69) is 51.4 Å². The Kier molecular flexibility index (Phi) is 2.86. The summed E-state index contributed by atoms with van der Waals surface area (Å²) in [6.45, 7) is 1.80. The minimum absolute atomic E-state index is 0.876. The zero-order valence-corrected chi connectivity index (χ0v) is 10.4. The fourth-order valence-corrected chi connectivity index (χ4v) is 2.30. The molecule has 18 heavy (non-hydrogen) atoms. The lowest BCUT2D eigenvalue weighted by Crippen LogP contribution is -2.17. The molecule has 0 bridgehead atoms. The molecule has 0 aliphatic carbocycles. The highest BCUT2D eigenvalue weighted by Gasteiger charge is 2.06. The van der Waals surface area contributed by atoms with Crippen LogP contribution in [0.25, 0.3) is 10.9 Å². The van der Waals surface area contributed by atoms with Gasteiger partial charge in [-0.1, -0.05) is 12.1 Å². The van der Waals surface area contributed by atoms with Crippen LogP contribution in [-0.2, 0) is 13.1 Å². The summed E-state index contributed by atoms with van der Waals surface area (Å²) < 4.78 is 0. The second kappa shape index (κ2) is 4.66. The van der Waals surface area contributed by atoms with Crippen molar-refractivity contribution in [2.75, 3.05) is 7.05 Å². The number of fused-ring (bicyclic) bond motifs is 1. The molecule has 0 aliphatic heterocycles. The number of hydrogen-bond donors (Lipinski definition) is 2. The fraction of sp³-hybridized carbons (Fsp3) is 0.214. The summed E-state index contributed by atoms with van der Waals surface area (Å²) in [5.74, 6) is 0. The van der Waals surface area contributed by atoms with Crippen molar-refractivity contribution in [1.82, 2.24) is 20.1 Å². The highest BCUT2D eigenvalue weighted by Crippen LogP contribution is 2.19. The van der Waals surface area contributed by atoms with E-state index in [1.807, 2.05) is 12.3 Å². The predicted octanol–water partition coefficient (Wildman–Crippen LogP) is 2.52. The van der Waals surface area contributed by atoms with Crippen LogP contribution in [-0.4, -0.2) is 27.1 Å². The number of rotatable bonds is 4. The van der Waals surface area contributed by atoms with Gasteiger partial charge in [0.05, 0.1) is 0 Å². The van der Waals surface area contributed by atoms with Gasteiger partial charge in [-0.2, -0.15) is 5.10 Å². The molecule has 92 valence electrons. The summed E-state index contributed by atoms with van der Waals surface area (Å²) in [7, 11) is 2.12. The molecule has 0 aliphatic rings. The first-order chi connectivity index (χ1) is 8.83. The second-order valence-electron chi connectivity index (χ2n) is 4.61. The summed E-state index contributed by atoms with van der Waals surface area (Å²) >= 11 is 0. The van der Waals surface area contributed by atoms with E-state index in [1.54, 1.807) is 6.20 Å². The molecule has 4 heteroatoms. The molecule has 2 N–H and O–H groups in total. The lowest BCUT2D eigenvalue weighted by atomic mass is 10.1. The second-order valence-corrected chi connectivity index (χ2v) is 4.61. The van der Waals surface area contributed by atoms with Crippen LogP contribution < -0.4 is 0 Å². The third kappa shape index (κ3) is 2.15. The van der Waals surface area contributed by atoms with E-state index in [9.17, 15) is 0 Å². The van der Waals surface area contributed by atoms with Crippen molar-refractivity contribution in [2.24, 2.45) is 0 Å². The summed E-state index contributed by atoms with van der Waals surface area (Å²) in [5, 5.41) is 8.26. The van der Waals surface area contributed by atoms with Crippen LogP contribution >= 0.6 is 0 Å². The molecular weight excluding hydrogens is 224 g/mol. The van der Waals surface area contributed by atoms with Gasteiger partial charge in [-0.3, -0.25) is 10.00 Å². The highest BCUT2D eigenvalue weighted by molar-refractivity contribution is 5.82. The summed E-state index contributed by atoms with van der Waals surface area (Å²) in [6.07, 6.45) is 3.78. The van der Waals surface area contributed by atoms with Crippen LogP contribution in [0.4, 0.5) is 0 Å². The lowest BCUT2D eigenvalue weighted by molar-refractivity contribution is 0.316. The molecule has 0 saturated heterocycles. The maximum Gasteiger partial charge on any atom is 0.0492 e. The normalized spacial score (nSPS) is 11.4. The first kappa shape index (κ1) is 11.0. The largest absolute Gasteiger partial charge is 0.361 e. The number of nitrogens with zero attached hydrogens (tertiary/aromatic N) is 2. The van der Waals surface area contributed by atoms with E-state index in [-0.39, 0.29) is 0 Å². The van der Waals surface area contributed by atoms with Crippen molar-refractivity contribution in [3.05, 3.63) is 54.0 Å². The Morgan fingerprint density at radius 2 is 2.11 bits per heavy atom. The number of H-pyrrole nitrogens is 2. The molecule has 0 spiro atoms. The van der Waals surface area contributed by atoms with Crippen LogP contribution in [0.15, 0.2) is 42.7 Å². The molecule has 4 nitrogen and oxygen atoms in total. The molecule has 0 fully saturated rings. The fourth-order valence-electron chi connectivity index (χ4n) is 2.30. The van der Waals surface area contributed by atoms with E-state index in [4.69, 9.17) is 0 Å². The standard InChI is InChI=1S/C14H16N4/c1-18(10-12-5-8-16-17-12)9-11-3-2-4-14-13(11)6-7-15-14/h2-8,15H,9-10H2,1H3,(H,16,17). The van der Waals surface area contributed by atoms with Crippen LogP contribution in [0.2, 0.25) is 0 Å². The van der Waals surface area contributed by atoms with Crippen LogP contribution in [0, 0.1) is 0 Å². The van der Waals surface area contributed by atoms with Crippen LogP contribution in [0.1, 0.15) is 11.3 Å². The van der Waals surface area contributed by atoms with Gasteiger partial charge in [0, 0.05) is 42.1 Å². The minimum Gasteiger partial charge on any atom is -0.361 e. The number of benzene rings is 1. The number of nitrogens with one attached hydrogen (secondary N) is 2. The Balaban J connectivity index is 1.77. The molecule has 3 aromatic rings. The van der Waals surface area contributed by atoms with Gasteiger partial charge >= 0.3 is 0 Å². The maximum atomic E-state index is 3.97. The molecule has 0 atom stereocenters. The first-order valence-electron chi connectivity index (χ1n) is 6.05. The molecule has 3 rings (SSSR count). The monoisotopic (exact) mass is 240 g/mol. The van der Waals surface area contributed by atoms with Gasteiger partial charge in [-0.25, -0.2) is 0 Å². The number of aromatic nitrogens is 3. The van der Waals surface area contributed by atoms with Gasteiger partial charge in [0.15, 0.2) is 0 Å². The maximum absolute atomic E-state index is 3.97. The minimum atomic E-state index is 0.876. The van der Waals surface area contributed by atoms with Crippen molar-refractivity contribution in [1.29, 1.82) is 0 Å². The molecule has 0 unspecified atom stereocenters. The molecule has 1 aromatic carbocycles. The SMILES string of the molecule is CN(Cc1ccn[nH]1)Cc1cccc2[nH]ccc12. The van der Waals surface area contributed by atoms with E-state index in [0.717, 1.165) is 18.8 Å². The average Bonchev–Trinajstić information content (AvgIpc) is 2.99. The summed E-state index contributed by atoms with van der Waals surface area (Å²) in [5.41, 5.74) is 3.68.